The molecule has 3 aliphatic rings. The van der Waals surface area contributed by atoms with Gasteiger partial charge in [0, 0.05) is 15.4 Å². The average molecular weight is 298 g/mol. The molecule has 86 valence electrons. The minimum atomic E-state index is 0.299. The number of nitrogens with two attached hydrogens (primary N) is 1. The van der Waals surface area contributed by atoms with E-state index in [0.717, 1.165) is 29.6 Å². The molecular weight excluding hydrogens is 282 g/mol. The van der Waals surface area contributed by atoms with E-state index in [4.69, 9.17) is 5.73 Å². The molecule has 1 aromatic heterocycles. The first-order chi connectivity index (χ1) is 7.77. The summed E-state index contributed by atoms with van der Waals surface area (Å²) >= 11 is 5.43. The molecule has 3 fully saturated rings. The van der Waals surface area contributed by atoms with Crippen molar-refractivity contribution in [2.45, 2.75) is 25.3 Å². The fourth-order valence-electron chi connectivity index (χ4n) is 4.59. The summed E-state index contributed by atoms with van der Waals surface area (Å²) in [7, 11) is 0. The lowest BCUT2D eigenvalue weighted by Gasteiger charge is -2.15. The summed E-state index contributed by atoms with van der Waals surface area (Å²) < 4.78 is 1.22. The van der Waals surface area contributed by atoms with Gasteiger partial charge in [-0.1, -0.05) is 0 Å². The summed E-state index contributed by atoms with van der Waals surface area (Å²) in [5, 5.41) is 2.14. The Kier molecular flexibility index (Phi) is 2.10. The van der Waals surface area contributed by atoms with E-state index in [9.17, 15) is 0 Å². The van der Waals surface area contributed by atoms with Crippen LogP contribution in [0, 0.1) is 29.6 Å². The van der Waals surface area contributed by atoms with Gasteiger partial charge in [-0.25, -0.2) is 0 Å². The van der Waals surface area contributed by atoms with E-state index in [-0.39, 0.29) is 0 Å². The molecule has 1 aromatic rings. The van der Waals surface area contributed by atoms with Crippen LogP contribution in [0.25, 0.3) is 0 Å². The second-order valence-electron chi connectivity index (χ2n) is 5.72. The molecule has 0 aliphatic heterocycles. The van der Waals surface area contributed by atoms with Crippen molar-refractivity contribution in [2.75, 3.05) is 0 Å². The van der Waals surface area contributed by atoms with E-state index in [1.54, 1.807) is 0 Å². The van der Waals surface area contributed by atoms with Crippen LogP contribution in [-0.2, 0) is 0 Å². The van der Waals surface area contributed by atoms with Crippen LogP contribution in [-0.4, -0.2) is 0 Å². The van der Waals surface area contributed by atoms with Crippen molar-refractivity contribution in [2.24, 2.45) is 35.3 Å². The summed E-state index contributed by atoms with van der Waals surface area (Å²) in [5.74, 6) is 4.85. The van der Waals surface area contributed by atoms with Crippen LogP contribution in [0.4, 0.5) is 0 Å². The zero-order valence-electron chi connectivity index (χ0n) is 9.10. The molecule has 0 amide bonds. The predicted octanol–water partition coefficient (Wildman–Crippen LogP) is 3.80. The quantitative estimate of drug-likeness (QED) is 0.883. The van der Waals surface area contributed by atoms with Gasteiger partial charge in [-0.3, -0.25) is 0 Å². The third kappa shape index (κ3) is 1.20. The lowest BCUT2D eigenvalue weighted by molar-refractivity contribution is 0.420. The largest absolute Gasteiger partial charge is 0.323 e. The van der Waals surface area contributed by atoms with E-state index >= 15 is 0 Å². The second-order valence-corrected chi connectivity index (χ2v) is 7.53. The summed E-state index contributed by atoms with van der Waals surface area (Å²) in [4.78, 5) is 1.37. The molecule has 3 heteroatoms. The lowest BCUT2D eigenvalue weighted by atomic mass is 9.97. The number of thiophene rings is 1. The topological polar surface area (TPSA) is 26.0 Å². The third-order valence-corrected chi connectivity index (χ3v) is 7.13. The Labute approximate surface area is 109 Å². The molecule has 2 N–H and O–H groups in total. The Hall–Kier alpha value is 0.140. The highest BCUT2D eigenvalue weighted by Gasteiger charge is 2.66. The van der Waals surface area contributed by atoms with Gasteiger partial charge in [0.2, 0.25) is 0 Å². The molecule has 0 saturated heterocycles. The van der Waals surface area contributed by atoms with E-state index < -0.39 is 0 Å². The molecule has 0 radical (unpaired) electrons. The molecule has 0 aromatic carbocycles. The SMILES string of the molecule is NC(c1sccc1Br)C1C2C3CCC(C3)C21. The summed E-state index contributed by atoms with van der Waals surface area (Å²) in [6.07, 6.45) is 4.49. The van der Waals surface area contributed by atoms with E-state index in [2.05, 4.69) is 27.4 Å². The van der Waals surface area contributed by atoms with Gasteiger partial charge >= 0.3 is 0 Å². The molecule has 2 bridgehead atoms. The van der Waals surface area contributed by atoms with Gasteiger partial charge < -0.3 is 5.73 Å². The number of rotatable bonds is 2. The fourth-order valence-corrected chi connectivity index (χ4v) is 6.29. The first-order valence-electron chi connectivity index (χ1n) is 6.26. The Morgan fingerprint density at radius 3 is 2.56 bits per heavy atom. The normalized spacial score (nSPS) is 45.8. The number of halogens is 1. The van der Waals surface area contributed by atoms with Crippen LogP contribution < -0.4 is 5.73 Å². The molecule has 0 spiro atoms. The number of hydrogen-bond acceptors (Lipinski definition) is 2. The van der Waals surface area contributed by atoms with Crippen molar-refractivity contribution in [3.63, 3.8) is 0 Å². The smallest absolute Gasteiger partial charge is 0.0435 e. The molecular formula is C13H16BrNS. The summed E-state index contributed by atoms with van der Waals surface area (Å²) in [6.45, 7) is 0. The van der Waals surface area contributed by atoms with Gasteiger partial charge in [-0.2, -0.15) is 0 Å². The molecule has 1 heterocycles. The second kappa shape index (κ2) is 3.33. The van der Waals surface area contributed by atoms with Crippen LogP contribution in [0.2, 0.25) is 0 Å². The molecule has 4 rings (SSSR count). The first kappa shape index (κ1) is 10.1. The monoisotopic (exact) mass is 297 g/mol. The van der Waals surface area contributed by atoms with Crippen LogP contribution in [0.5, 0.6) is 0 Å². The molecule has 3 aliphatic carbocycles. The molecule has 5 atom stereocenters. The Bertz CT molecular complexity index is 413. The zero-order chi connectivity index (χ0) is 10.9. The summed E-state index contributed by atoms with van der Waals surface area (Å²) in [5.41, 5.74) is 6.47. The third-order valence-electron chi connectivity index (χ3n) is 5.16. The van der Waals surface area contributed by atoms with Crippen molar-refractivity contribution in [3.8, 4) is 0 Å². The Morgan fingerprint density at radius 1 is 1.31 bits per heavy atom. The van der Waals surface area contributed by atoms with Crippen molar-refractivity contribution in [1.29, 1.82) is 0 Å². The van der Waals surface area contributed by atoms with Gasteiger partial charge in [0.1, 0.15) is 0 Å². The molecule has 16 heavy (non-hydrogen) atoms. The van der Waals surface area contributed by atoms with Crippen molar-refractivity contribution in [1.82, 2.24) is 0 Å². The minimum Gasteiger partial charge on any atom is -0.323 e. The predicted molar refractivity (Wildman–Crippen MR) is 70.2 cm³/mol. The van der Waals surface area contributed by atoms with E-state index in [0.29, 0.717) is 6.04 Å². The van der Waals surface area contributed by atoms with Crippen molar-refractivity contribution in [3.05, 3.63) is 20.8 Å². The lowest BCUT2D eigenvalue weighted by Crippen LogP contribution is -2.16. The first-order valence-corrected chi connectivity index (χ1v) is 7.93. The minimum absolute atomic E-state index is 0.299. The maximum Gasteiger partial charge on any atom is 0.0435 e. The van der Waals surface area contributed by atoms with Gasteiger partial charge in [-0.05, 0) is 76.2 Å². The Morgan fingerprint density at radius 2 is 2.00 bits per heavy atom. The number of fused-ring (bicyclic) bond motifs is 5. The van der Waals surface area contributed by atoms with E-state index in [1.165, 1.54) is 28.6 Å². The van der Waals surface area contributed by atoms with Crippen LogP contribution >= 0.6 is 27.3 Å². The van der Waals surface area contributed by atoms with Crippen LogP contribution in [0.1, 0.15) is 30.2 Å². The molecule has 5 unspecified atom stereocenters. The summed E-state index contributed by atoms with van der Waals surface area (Å²) in [6, 6.07) is 2.43. The zero-order valence-corrected chi connectivity index (χ0v) is 11.5. The maximum atomic E-state index is 6.47. The highest BCUT2D eigenvalue weighted by Crippen LogP contribution is 2.72. The highest BCUT2D eigenvalue weighted by molar-refractivity contribution is 9.10. The highest BCUT2D eigenvalue weighted by atomic mass is 79.9. The Balaban J connectivity index is 1.59. The average Bonchev–Trinajstić information content (AvgIpc) is 2.67. The van der Waals surface area contributed by atoms with Crippen LogP contribution in [0.15, 0.2) is 15.9 Å². The van der Waals surface area contributed by atoms with Crippen molar-refractivity contribution < 1.29 is 0 Å². The molecule has 3 saturated carbocycles. The maximum absolute atomic E-state index is 6.47. The van der Waals surface area contributed by atoms with E-state index in [1.807, 2.05) is 11.3 Å². The standard InChI is InChI=1S/C13H16BrNS/c14-8-3-4-16-13(8)12(15)11-9-6-1-2-7(5-6)10(9)11/h3-4,6-7,9-12H,1-2,5,15H2. The van der Waals surface area contributed by atoms with Gasteiger partial charge in [0.05, 0.1) is 0 Å². The molecule has 1 nitrogen and oxygen atoms in total. The van der Waals surface area contributed by atoms with Gasteiger partial charge in [0.15, 0.2) is 0 Å². The van der Waals surface area contributed by atoms with Crippen molar-refractivity contribution >= 4 is 27.3 Å². The number of hydrogen-bond donors (Lipinski definition) is 1. The van der Waals surface area contributed by atoms with Crippen LogP contribution in [0.3, 0.4) is 0 Å². The fraction of sp³-hybridized carbons (Fsp3) is 0.692. The van der Waals surface area contributed by atoms with Gasteiger partial charge in [0.25, 0.3) is 0 Å². The van der Waals surface area contributed by atoms with Gasteiger partial charge in [-0.15, -0.1) is 11.3 Å².